The predicted molar refractivity (Wildman–Crippen MR) is 104 cm³/mol. The Bertz CT molecular complexity index is 787. The number of amides is 1. The highest BCUT2D eigenvalue weighted by Gasteiger charge is 2.33. The molecule has 0 spiro atoms. The van der Waals surface area contributed by atoms with Gasteiger partial charge in [-0.3, -0.25) is 4.79 Å². The zero-order chi connectivity index (χ0) is 16.7. The fourth-order valence-electron chi connectivity index (χ4n) is 3.55. The number of hydrogen-bond donors (Lipinski definition) is 2. The molecule has 4 rings (SSSR count). The summed E-state index contributed by atoms with van der Waals surface area (Å²) in [5, 5.41) is 7.75. The highest BCUT2D eigenvalue weighted by Crippen LogP contribution is 2.33. The molecule has 0 saturated heterocycles. The summed E-state index contributed by atoms with van der Waals surface area (Å²) in [6.07, 6.45) is 5.28. The Hall–Kier alpha value is -1.37. The average Bonchev–Trinajstić information content (AvgIpc) is 3.18. The largest absolute Gasteiger partial charge is 0.346 e. The molecule has 1 heterocycles. The first-order valence-electron chi connectivity index (χ1n) is 8.55. The molecule has 1 saturated carbocycles. The van der Waals surface area contributed by atoms with Gasteiger partial charge < -0.3 is 11.1 Å². The predicted octanol–water partition coefficient (Wildman–Crippen LogP) is 3.01. The van der Waals surface area contributed by atoms with Gasteiger partial charge in [0.15, 0.2) is 5.69 Å². The van der Waals surface area contributed by atoms with Crippen molar-refractivity contribution in [1.82, 2.24) is 15.1 Å². The molecule has 3 N–H and O–H groups in total. The van der Waals surface area contributed by atoms with Crippen molar-refractivity contribution in [2.24, 2.45) is 11.7 Å². The summed E-state index contributed by atoms with van der Waals surface area (Å²) in [5.41, 5.74) is 9.63. The van der Waals surface area contributed by atoms with Crippen molar-refractivity contribution < 1.29 is 4.79 Å². The van der Waals surface area contributed by atoms with Gasteiger partial charge in [-0.1, -0.05) is 22.0 Å². The summed E-state index contributed by atoms with van der Waals surface area (Å²) in [6.45, 7) is 0.491. The topological polar surface area (TPSA) is 72.9 Å². The molecule has 1 aromatic heterocycles. The minimum atomic E-state index is -0.0794. The van der Waals surface area contributed by atoms with Crippen molar-refractivity contribution in [3.05, 3.63) is 45.7 Å². The molecule has 0 aliphatic heterocycles. The number of aromatic nitrogens is 2. The molecular formula is C18H22BrClN4O. The van der Waals surface area contributed by atoms with Crippen LogP contribution in [0.25, 0.3) is 5.69 Å². The van der Waals surface area contributed by atoms with Gasteiger partial charge in [0.05, 0.1) is 5.69 Å². The molecule has 134 valence electrons. The zero-order valence-electron chi connectivity index (χ0n) is 13.9. The lowest BCUT2D eigenvalue weighted by Gasteiger charge is -2.15. The molecule has 0 bridgehead atoms. The van der Waals surface area contributed by atoms with Gasteiger partial charge >= 0.3 is 0 Å². The molecule has 1 amide bonds. The Labute approximate surface area is 161 Å². The van der Waals surface area contributed by atoms with Crippen LogP contribution in [-0.2, 0) is 12.8 Å². The fraction of sp³-hybridized carbons (Fsp3) is 0.444. The van der Waals surface area contributed by atoms with E-state index in [1.165, 1.54) is 0 Å². The van der Waals surface area contributed by atoms with Crippen LogP contribution in [0.15, 0.2) is 28.7 Å². The van der Waals surface area contributed by atoms with Crippen LogP contribution in [0.3, 0.4) is 0 Å². The van der Waals surface area contributed by atoms with E-state index in [2.05, 4.69) is 26.3 Å². The molecule has 2 aliphatic rings. The van der Waals surface area contributed by atoms with Gasteiger partial charge in [0.2, 0.25) is 0 Å². The monoisotopic (exact) mass is 424 g/mol. The fourth-order valence-corrected chi connectivity index (χ4v) is 3.93. The van der Waals surface area contributed by atoms with Crippen molar-refractivity contribution in [2.45, 2.75) is 38.1 Å². The quantitative estimate of drug-likeness (QED) is 0.773. The Kier molecular flexibility index (Phi) is 5.51. The number of benzene rings is 1. The molecule has 2 aliphatic carbocycles. The number of fused-ring (bicyclic) bond motifs is 1. The molecule has 1 unspecified atom stereocenters. The average molecular weight is 426 g/mol. The third kappa shape index (κ3) is 3.61. The third-order valence-corrected chi connectivity index (χ3v) is 5.45. The maximum absolute atomic E-state index is 12.8. The Morgan fingerprint density at radius 3 is 2.88 bits per heavy atom. The maximum Gasteiger partial charge on any atom is 0.272 e. The second-order valence-corrected chi connectivity index (χ2v) is 7.59. The van der Waals surface area contributed by atoms with E-state index in [0.717, 1.165) is 53.5 Å². The molecular weight excluding hydrogens is 404 g/mol. The van der Waals surface area contributed by atoms with E-state index < -0.39 is 0 Å². The third-order valence-electron chi connectivity index (χ3n) is 4.96. The van der Waals surface area contributed by atoms with Crippen molar-refractivity contribution in [3.8, 4) is 5.69 Å². The van der Waals surface area contributed by atoms with Gasteiger partial charge in [0.1, 0.15) is 0 Å². The lowest BCUT2D eigenvalue weighted by Crippen LogP contribution is -2.42. The van der Waals surface area contributed by atoms with E-state index in [-0.39, 0.29) is 24.4 Å². The molecule has 0 radical (unpaired) electrons. The number of carbonyl (C=O) groups excluding carboxylic acids is 1. The van der Waals surface area contributed by atoms with Crippen molar-refractivity contribution in [1.29, 1.82) is 0 Å². The SMILES string of the molecule is Cl.NCC(NC(=O)c1nn(-c2cccc(Br)c2)c2c1CCC2)C1CC1. The molecule has 1 aromatic carbocycles. The standard InChI is InChI=1S/C18H21BrN4O.ClH/c19-12-3-1-4-13(9-12)23-16-6-2-5-14(16)17(22-23)18(24)21-15(10-20)11-7-8-11;/h1,3-4,9,11,15H,2,5-8,10,20H2,(H,21,24);1H. The molecule has 1 atom stereocenters. The molecule has 2 aromatic rings. The summed E-state index contributed by atoms with van der Waals surface area (Å²) in [7, 11) is 0. The van der Waals surface area contributed by atoms with Gasteiger partial charge in [-0.2, -0.15) is 5.10 Å². The van der Waals surface area contributed by atoms with E-state index in [1.54, 1.807) is 0 Å². The summed E-state index contributed by atoms with van der Waals surface area (Å²) < 4.78 is 2.93. The van der Waals surface area contributed by atoms with Crippen LogP contribution in [0.5, 0.6) is 0 Å². The minimum Gasteiger partial charge on any atom is -0.346 e. The van der Waals surface area contributed by atoms with E-state index >= 15 is 0 Å². The first-order chi connectivity index (χ1) is 11.7. The normalized spacial score (nSPS) is 16.9. The van der Waals surface area contributed by atoms with Gasteiger partial charge in [0.25, 0.3) is 5.91 Å². The number of nitrogens with one attached hydrogen (secondary N) is 1. The highest BCUT2D eigenvalue weighted by atomic mass is 79.9. The lowest BCUT2D eigenvalue weighted by molar-refractivity contribution is 0.0927. The summed E-state index contributed by atoms with van der Waals surface area (Å²) in [5.74, 6) is 0.461. The second-order valence-electron chi connectivity index (χ2n) is 6.67. The van der Waals surface area contributed by atoms with Crippen LogP contribution in [0, 0.1) is 5.92 Å². The van der Waals surface area contributed by atoms with Crippen LogP contribution >= 0.6 is 28.3 Å². The van der Waals surface area contributed by atoms with Crippen molar-refractivity contribution >= 4 is 34.2 Å². The Morgan fingerprint density at radius 1 is 1.40 bits per heavy atom. The van der Waals surface area contributed by atoms with Crippen LogP contribution < -0.4 is 11.1 Å². The van der Waals surface area contributed by atoms with Crippen LogP contribution in [0.2, 0.25) is 0 Å². The zero-order valence-corrected chi connectivity index (χ0v) is 16.3. The Balaban J connectivity index is 0.00000182. The highest BCUT2D eigenvalue weighted by molar-refractivity contribution is 9.10. The molecule has 25 heavy (non-hydrogen) atoms. The van der Waals surface area contributed by atoms with Gasteiger partial charge in [-0.25, -0.2) is 4.68 Å². The van der Waals surface area contributed by atoms with E-state index in [1.807, 2.05) is 28.9 Å². The number of halogens is 2. The Morgan fingerprint density at radius 2 is 2.20 bits per heavy atom. The van der Waals surface area contributed by atoms with Gasteiger partial charge in [-0.15, -0.1) is 12.4 Å². The smallest absolute Gasteiger partial charge is 0.272 e. The van der Waals surface area contributed by atoms with Gasteiger partial charge in [0, 0.05) is 28.3 Å². The number of nitrogens with two attached hydrogens (primary N) is 1. The van der Waals surface area contributed by atoms with Crippen molar-refractivity contribution in [3.63, 3.8) is 0 Å². The van der Waals surface area contributed by atoms with E-state index in [4.69, 9.17) is 5.73 Å². The van der Waals surface area contributed by atoms with Crippen LogP contribution in [-0.4, -0.2) is 28.3 Å². The van der Waals surface area contributed by atoms with Crippen LogP contribution in [0.4, 0.5) is 0 Å². The number of hydrogen-bond acceptors (Lipinski definition) is 3. The first-order valence-corrected chi connectivity index (χ1v) is 9.34. The number of rotatable bonds is 5. The summed E-state index contributed by atoms with van der Waals surface area (Å²) in [6, 6.07) is 8.10. The summed E-state index contributed by atoms with van der Waals surface area (Å²) in [4.78, 5) is 12.8. The minimum absolute atomic E-state index is 0. The molecule has 7 heteroatoms. The van der Waals surface area contributed by atoms with Crippen molar-refractivity contribution in [2.75, 3.05) is 6.54 Å². The number of nitrogens with zero attached hydrogens (tertiary/aromatic N) is 2. The first kappa shape index (κ1) is 18.4. The second kappa shape index (κ2) is 7.48. The molecule has 1 fully saturated rings. The van der Waals surface area contributed by atoms with Crippen LogP contribution in [0.1, 0.15) is 41.0 Å². The summed E-state index contributed by atoms with van der Waals surface area (Å²) >= 11 is 3.51. The van der Waals surface area contributed by atoms with Gasteiger partial charge in [-0.05, 0) is 56.2 Å². The van der Waals surface area contributed by atoms with E-state index in [0.29, 0.717) is 18.2 Å². The van der Waals surface area contributed by atoms with E-state index in [9.17, 15) is 4.79 Å². The number of carbonyl (C=O) groups is 1. The lowest BCUT2D eigenvalue weighted by atomic mass is 10.1. The maximum atomic E-state index is 12.8. The molecule has 5 nitrogen and oxygen atoms in total.